The van der Waals surface area contributed by atoms with Crippen LogP contribution >= 0.6 is 11.3 Å². The first-order valence-corrected chi connectivity index (χ1v) is 9.69. The summed E-state index contributed by atoms with van der Waals surface area (Å²) in [5.41, 5.74) is 3.09. The molecule has 0 aliphatic carbocycles. The highest BCUT2D eigenvalue weighted by Gasteiger charge is 2.25. The van der Waals surface area contributed by atoms with Crippen molar-refractivity contribution >= 4 is 34.5 Å². The average molecular weight is 377 g/mol. The molecule has 0 unspecified atom stereocenters. The maximum Gasteiger partial charge on any atom is 0.267 e. The molecule has 2 heterocycles. The van der Waals surface area contributed by atoms with Crippen molar-refractivity contribution < 1.29 is 9.59 Å². The van der Waals surface area contributed by atoms with Gasteiger partial charge in [0.15, 0.2) is 0 Å². The van der Waals surface area contributed by atoms with E-state index in [1.54, 1.807) is 4.90 Å². The molecule has 1 fully saturated rings. The topological polar surface area (TPSA) is 62.3 Å². The van der Waals surface area contributed by atoms with Crippen LogP contribution in [-0.4, -0.2) is 23.3 Å². The zero-order valence-electron chi connectivity index (χ0n) is 14.9. The number of carbonyl (C=O) groups excluding carboxylic acids is 2. The molecule has 2 aromatic carbocycles. The summed E-state index contributed by atoms with van der Waals surface area (Å²) in [6, 6.07) is 17.2. The number of carbonyl (C=O) groups is 2. The van der Waals surface area contributed by atoms with E-state index in [0.717, 1.165) is 22.7 Å². The van der Waals surface area contributed by atoms with Crippen LogP contribution in [0.4, 0.5) is 11.4 Å². The van der Waals surface area contributed by atoms with Crippen LogP contribution in [0.2, 0.25) is 0 Å². The molecule has 1 saturated heterocycles. The number of benzene rings is 2. The van der Waals surface area contributed by atoms with Gasteiger partial charge in [-0.2, -0.15) is 0 Å². The summed E-state index contributed by atoms with van der Waals surface area (Å²) in [7, 11) is 0. The first-order valence-electron chi connectivity index (χ1n) is 8.87. The third-order valence-corrected chi connectivity index (χ3v) is 5.75. The predicted octanol–water partition coefficient (Wildman–Crippen LogP) is 4.50. The molecule has 6 heteroatoms. The van der Waals surface area contributed by atoms with Crippen molar-refractivity contribution in [3.8, 4) is 10.6 Å². The first kappa shape index (κ1) is 17.4. The van der Waals surface area contributed by atoms with E-state index in [1.807, 2.05) is 61.5 Å². The van der Waals surface area contributed by atoms with E-state index in [9.17, 15) is 9.59 Å². The van der Waals surface area contributed by atoms with Crippen molar-refractivity contribution in [2.75, 3.05) is 16.8 Å². The van der Waals surface area contributed by atoms with E-state index < -0.39 is 0 Å². The van der Waals surface area contributed by atoms with Crippen molar-refractivity contribution in [2.45, 2.75) is 19.8 Å². The Morgan fingerprint density at radius 3 is 2.59 bits per heavy atom. The quantitative estimate of drug-likeness (QED) is 0.728. The third kappa shape index (κ3) is 3.48. The van der Waals surface area contributed by atoms with Crippen molar-refractivity contribution in [2.24, 2.45) is 0 Å². The summed E-state index contributed by atoms with van der Waals surface area (Å²) in [6.45, 7) is 2.53. The maximum atomic E-state index is 12.9. The second kappa shape index (κ2) is 7.32. The van der Waals surface area contributed by atoms with Gasteiger partial charge in [0.1, 0.15) is 9.88 Å². The van der Waals surface area contributed by atoms with Crippen LogP contribution in [0.15, 0.2) is 54.6 Å². The number of nitrogens with zero attached hydrogens (tertiary/aromatic N) is 2. The summed E-state index contributed by atoms with van der Waals surface area (Å²) < 4.78 is 0. The van der Waals surface area contributed by atoms with Gasteiger partial charge < -0.3 is 10.2 Å². The molecule has 2 amide bonds. The highest BCUT2D eigenvalue weighted by molar-refractivity contribution is 7.17. The van der Waals surface area contributed by atoms with Gasteiger partial charge in [0.05, 0.1) is 17.1 Å². The van der Waals surface area contributed by atoms with Crippen molar-refractivity contribution in [1.82, 2.24) is 4.98 Å². The highest BCUT2D eigenvalue weighted by Crippen LogP contribution is 2.32. The standard InChI is InChI=1S/C21H19N3O2S/c1-14-19(27-21(22-14)15-8-3-2-4-9-15)20(26)23-16-10-5-6-11-17(16)24-13-7-12-18(24)25/h2-6,8-11H,7,12-13H2,1H3,(H,23,26). The minimum absolute atomic E-state index is 0.0945. The number of amides is 2. The van der Waals surface area contributed by atoms with Gasteiger partial charge in [0.25, 0.3) is 5.91 Å². The lowest BCUT2D eigenvalue weighted by atomic mass is 10.2. The Kier molecular flexibility index (Phi) is 4.73. The van der Waals surface area contributed by atoms with E-state index in [2.05, 4.69) is 10.3 Å². The molecule has 3 aromatic rings. The van der Waals surface area contributed by atoms with Crippen LogP contribution < -0.4 is 10.2 Å². The van der Waals surface area contributed by atoms with Gasteiger partial charge in [-0.3, -0.25) is 9.59 Å². The number of thiazole rings is 1. The lowest BCUT2D eigenvalue weighted by molar-refractivity contribution is -0.117. The third-order valence-electron chi connectivity index (χ3n) is 4.54. The maximum absolute atomic E-state index is 12.9. The van der Waals surface area contributed by atoms with Crippen LogP contribution in [0.5, 0.6) is 0 Å². The van der Waals surface area contributed by atoms with Gasteiger partial charge in [0, 0.05) is 18.5 Å². The molecule has 1 aromatic heterocycles. The van der Waals surface area contributed by atoms with Gasteiger partial charge >= 0.3 is 0 Å². The number of nitrogens with one attached hydrogen (secondary N) is 1. The van der Waals surface area contributed by atoms with Crippen molar-refractivity contribution in [1.29, 1.82) is 0 Å². The van der Waals surface area contributed by atoms with E-state index in [-0.39, 0.29) is 11.8 Å². The number of para-hydroxylation sites is 2. The smallest absolute Gasteiger partial charge is 0.267 e. The highest BCUT2D eigenvalue weighted by atomic mass is 32.1. The second-order valence-electron chi connectivity index (χ2n) is 6.42. The van der Waals surface area contributed by atoms with Crippen molar-refractivity contribution in [3.05, 3.63) is 65.2 Å². The fourth-order valence-corrected chi connectivity index (χ4v) is 4.17. The molecule has 5 nitrogen and oxygen atoms in total. The normalized spacial score (nSPS) is 13.8. The number of aromatic nitrogens is 1. The van der Waals surface area contributed by atoms with Gasteiger partial charge in [-0.05, 0) is 25.5 Å². The van der Waals surface area contributed by atoms with Crippen molar-refractivity contribution in [3.63, 3.8) is 0 Å². The van der Waals surface area contributed by atoms with Gasteiger partial charge in [-0.15, -0.1) is 11.3 Å². The lowest BCUT2D eigenvalue weighted by Gasteiger charge is -2.19. The minimum Gasteiger partial charge on any atom is -0.319 e. The molecule has 1 aliphatic heterocycles. The van der Waals surface area contributed by atoms with Crippen LogP contribution in [0.3, 0.4) is 0 Å². The van der Waals surface area contributed by atoms with Crippen LogP contribution in [0.1, 0.15) is 28.2 Å². The molecular weight excluding hydrogens is 358 g/mol. The Balaban J connectivity index is 1.61. The molecule has 1 N–H and O–H groups in total. The number of hydrogen-bond acceptors (Lipinski definition) is 4. The van der Waals surface area contributed by atoms with E-state index in [0.29, 0.717) is 29.2 Å². The second-order valence-corrected chi connectivity index (χ2v) is 7.42. The summed E-state index contributed by atoms with van der Waals surface area (Å²) in [5.74, 6) is -0.108. The Labute approximate surface area is 161 Å². The zero-order valence-corrected chi connectivity index (χ0v) is 15.8. The number of hydrogen-bond donors (Lipinski definition) is 1. The summed E-state index contributed by atoms with van der Waals surface area (Å²) in [6.07, 6.45) is 1.40. The predicted molar refractivity (Wildman–Crippen MR) is 108 cm³/mol. The first-order chi connectivity index (χ1) is 13.1. The van der Waals surface area contributed by atoms with Crippen LogP contribution in [0, 0.1) is 6.92 Å². The monoisotopic (exact) mass is 377 g/mol. The number of anilines is 2. The van der Waals surface area contributed by atoms with Crippen LogP contribution in [-0.2, 0) is 4.79 Å². The Hall–Kier alpha value is -2.99. The van der Waals surface area contributed by atoms with Gasteiger partial charge in [0.2, 0.25) is 5.91 Å². The minimum atomic E-state index is -0.203. The molecule has 1 aliphatic rings. The fraction of sp³-hybridized carbons (Fsp3) is 0.190. The van der Waals surface area contributed by atoms with Crippen LogP contribution in [0.25, 0.3) is 10.6 Å². The molecule has 0 saturated carbocycles. The number of rotatable bonds is 4. The molecule has 0 atom stereocenters. The molecule has 0 spiro atoms. The number of aryl methyl sites for hydroxylation is 1. The lowest BCUT2D eigenvalue weighted by Crippen LogP contribution is -2.25. The Bertz CT molecular complexity index is 998. The molecule has 4 rings (SSSR count). The van der Waals surface area contributed by atoms with Gasteiger partial charge in [-0.1, -0.05) is 42.5 Å². The van der Waals surface area contributed by atoms with Gasteiger partial charge in [-0.25, -0.2) is 4.98 Å². The summed E-state index contributed by atoms with van der Waals surface area (Å²) >= 11 is 1.37. The molecule has 0 bridgehead atoms. The summed E-state index contributed by atoms with van der Waals surface area (Å²) in [4.78, 5) is 31.9. The van der Waals surface area contributed by atoms with E-state index >= 15 is 0 Å². The SMILES string of the molecule is Cc1nc(-c2ccccc2)sc1C(=O)Nc1ccccc1N1CCCC1=O. The average Bonchev–Trinajstić information content (AvgIpc) is 3.28. The molecule has 27 heavy (non-hydrogen) atoms. The molecule has 136 valence electrons. The van der Waals surface area contributed by atoms with E-state index in [4.69, 9.17) is 0 Å². The summed E-state index contributed by atoms with van der Waals surface area (Å²) in [5, 5.41) is 3.79. The Morgan fingerprint density at radius 2 is 1.85 bits per heavy atom. The largest absolute Gasteiger partial charge is 0.319 e. The fourth-order valence-electron chi connectivity index (χ4n) is 3.21. The zero-order chi connectivity index (χ0) is 18.8. The Morgan fingerprint density at radius 1 is 1.11 bits per heavy atom. The van der Waals surface area contributed by atoms with E-state index in [1.165, 1.54) is 11.3 Å². The molecular formula is C21H19N3O2S. The molecule has 0 radical (unpaired) electrons.